The van der Waals surface area contributed by atoms with Gasteiger partial charge in [-0.1, -0.05) is 6.92 Å². The molecule has 0 aromatic heterocycles. The normalized spacial score (nSPS) is 19.0. The lowest BCUT2D eigenvalue weighted by Crippen LogP contribution is -2.43. The van der Waals surface area contributed by atoms with Crippen molar-refractivity contribution in [3.63, 3.8) is 0 Å². The van der Waals surface area contributed by atoms with E-state index in [9.17, 15) is 4.79 Å². The Morgan fingerprint density at radius 1 is 1.25 bits per heavy atom. The molecule has 20 heavy (non-hydrogen) atoms. The molecule has 1 aliphatic heterocycles. The van der Waals surface area contributed by atoms with E-state index in [1.807, 2.05) is 18.7 Å². The molecule has 1 aliphatic rings. The van der Waals surface area contributed by atoms with Gasteiger partial charge < -0.3 is 15.1 Å². The first-order valence-corrected chi connectivity index (χ1v) is 8.35. The Morgan fingerprint density at radius 3 is 2.35 bits per heavy atom. The predicted octanol–water partition coefficient (Wildman–Crippen LogP) is 1.95. The Hall–Kier alpha value is -0.610. The molecule has 4 heteroatoms. The van der Waals surface area contributed by atoms with Crippen molar-refractivity contribution in [3.8, 4) is 0 Å². The molecule has 1 amide bonds. The van der Waals surface area contributed by atoms with Gasteiger partial charge in [0.2, 0.25) is 5.91 Å². The standard InChI is InChI=1S/C16H33N3O/c1-5-18-12-9-15(10-13-18)14(4)17-11-8-16(20)19(6-2)7-3/h14-15,17H,5-13H2,1-4H3. The zero-order valence-electron chi connectivity index (χ0n) is 13.8. The van der Waals surface area contributed by atoms with Gasteiger partial charge in [-0.15, -0.1) is 0 Å². The smallest absolute Gasteiger partial charge is 0.223 e. The van der Waals surface area contributed by atoms with E-state index < -0.39 is 0 Å². The van der Waals surface area contributed by atoms with Crippen LogP contribution in [0.4, 0.5) is 0 Å². The first kappa shape index (κ1) is 17.4. The number of likely N-dealkylation sites (tertiary alicyclic amines) is 1. The fraction of sp³-hybridized carbons (Fsp3) is 0.938. The number of nitrogens with one attached hydrogen (secondary N) is 1. The van der Waals surface area contributed by atoms with Crippen LogP contribution in [0.15, 0.2) is 0 Å². The van der Waals surface area contributed by atoms with Crippen LogP contribution in [-0.2, 0) is 4.79 Å². The minimum Gasteiger partial charge on any atom is -0.343 e. The van der Waals surface area contributed by atoms with Gasteiger partial charge >= 0.3 is 0 Å². The van der Waals surface area contributed by atoms with Gasteiger partial charge in [-0.2, -0.15) is 0 Å². The first-order chi connectivity index (χ1) is 9.62. The van der Waals surface area contributed by atoms with Crippen molar-refractivity contribution in [2.45, 2.75) is 53.0 Å². The summed E-state index contributed by atoms with van der Waals surface area (Å²) in [5, 5.41) is 3.55. The number of piperidine rings is 1. The molecule has 4 nitrogen and oxygen atoms in total. The van der Waals surface area contributed by atoms with Crippen LogP contribution in [0.25, 0.3) is 0 Å². The first-order valence-electron chi connectivity index (χ1n) is 8.35. The van der Waals surface area contributed by atoms with Gasteiger partial charge in [0.1, 0.15) is 0 Å². The zero-order chi connectivity index (χ0) is 15.0. The van der Waals surface area contributed by atoms with Gasteiger partial charge in [-0.25, -0.2) is 0 Å². The Balaban J connectivity index is 2.20. The minimum atomic E-state index is 0.274. The van der Waals surface area contributed by atoms with Crippen molar-refractivity contribution in [1.82, 2.24) is 15.1 Å². The summed E-state index contributed by atoms with van der Waals surface area (Å²) >= 11 is 0. The Labute approximate surface area is 124 Å². The largest absolute Gasteiger partial charge is 0.343 e. The van der Waals surface area contributed by atoms with E-state index in [0.717, 1.165) is 25.6 Å². The Kier molecular flexibility index (Phi) is 8.15. The van der Waals surface area contributed by atoms with Crippen molar-refractivity contribution in [1.29, 1.82) is 0 Å². The summed E-state index contributed by atoms with van der Waals surface area (Å²) < 4.78 is 0. The van der Waals surface area contributed by atoms with Gasteiger partial charge in [-0.05, 0) is 59.2 Å². The van der Waals surface area contributed by atoms with Crippen LogP contribution in [0, 0.1) is 5.92 Å². The van der Waals surface area contributed by atoms with E-state index in [2.05, 4.69) is 24.1 Å². The van der Waals surface area contributed by atoms with E-state index in [1.54, 1.807) is 0 Å². The third-order valence-electron chi connectivity index (χ3n) is 4.71. The zero-order valence-corrected chi connectivity index (χ0v) is 13.8. The van der Waals surface area contributed by atoms with Crippen molar-refractivity contribution < 1.29 is 4.79 Å². The molecule has 0 aliphatic carbocycles. The van der Waals surface area contributed by atoms with E-state index in [0.29, 0.717) is 12.5 Å². The number of amides is 1. The molecule has 1 atom stereocenters. The molecule has 1 saturated heterocycles. The molecule has 1 N–H and O–H groups in total. The van der Waals surface area contributed by atoms with Crippen LogP contribution < -0.4 is 5.32 Å². The SMILES string of the molecule is CCN1CCC(C(C)NCCC(=O)N(CC)CC)CC1. The molecule has 0 bridgehead atoms. The topological polar surface area (TPSA) is 35.6 Å². The molecule has 0 saturated carbocycles. The second-order valence-electron chi connectivity index (χ2n) is 5.83. The predicted molar refractivity (Wildman–Crippen MR) is 84.8 cm³/mol. The van der Waals surface area contributed by atoms with Crippen molar-refractivity contribution in [2.75, 3.05) is 39.3 Å². The molecule has 1 unspecified atom stereocenters. The summed E-state index contributed by atoms with van der Waals surface area (Å²) in [4.78, 5) is 16.4. The van der Waals surface area contributed by atoms with Crippen LogP contribution in [-0.4, -0.2) is 61.0 Å². The number of hydrogen-bond donors (Lipinski definition) is 1. The van der Waals surface area contributed by atoms with Gasteiger partial charge in [0.15, 0.2) is 0 Å². The molecule has 0 aromatic carbocycles. The lowest BCUT2D eigenvalue weighted by atomic mass is 9.90. The highest BCUT2D eigenvalue weighted by molar-refractivity contribution is 5.76. The van der Waals surface area contributed by atoms with Crippen molar-refractivity contribution in [3.05, 3.63) is 0 Å². The summed E-state index contributed by atoms with van der Waals surface area (Å²) in [6.07, 6.45) is 3.19. The van der Waals surface area contributed by atoms with Crippen LogP contribution in [0.3, 0.4) is 0 Å². The van der Waals surface area contributed by atoms with Crippen molar-refractivity contribution in [2.24, 2.45) is 5.92 Å². The highest BCUT2D eigenvalue weighted by atomic mass is 16.2. The number of carbonyl (C=O) groups excluding carboxylic acids is 1. The van der Waals surface area contributed by atoms with Gasteiger partial charge in [0, 0.05) is 32.1 Å². The van der Waals surface area contributed by atoms with Gasteiger partial charge in [-0.3, -0.25) is 4.79 Å². The number of rotatable bonds is 8. The summed E-state index contributed by atoms with van der Waals surface area (Å²) in [7, 11) is 0. The molecular formula is C16H33N3O. The number of hydrogen-bond acceptors (Lipinski definition) is 3. The summed E-state index contributed by atoms with van der Waals surface area (Å²) in [6.45, 7) is 14.7. The number of carbonyl (C=O) groups is 1. The van der Waals surface area contributed by atoms with Crippen LogP contribution >= 0.6 is 0 Å². The van der Waals surface area contributed by atoms with Gasteiger partial charge in [0.05, 0.1) is 0 Å². The fourth-order valence-corrected chi connectivity index (χ4v) is 3.08. The van der Waals surface area contributed by atoms with E-state index in [1.165, 1.54) is 32.5 Å². The lowest BCUT2D eigenvalue weighted by Gasteiger charge is -2.34. The maximum atomic E-state index is 11.9. The molecule has 0 spiro atoms. The Morgan fingerprint density at radius 2 is 1.85 bits per heavy atom. The van der Waals surface area contributed by atoms with Gasteiger partial charge in [0.25, 0.3) is 0 Å². The quantitative estimate of drug-likeness (QED) is 0.739. The second kappa shape index (κ2) is 9.35. The van der Waals surface area contributed by atoms with Crippen LogP contribution in [0.2, 0.25) is 0 Å². The second-order valence-corrected chi connectivity index (χ2v) is 5.83. The maximum absolute atomic E-state index is 11.9. The monoisotopic (exact) mass is 283 g/mol. The van der Waals surface area contributed by atoms with E-state index in [-0.39, 0.29) is 5.91 Å². The Bertz CT molecular complexity index is 271. The highest BCUT2D eigenvalue weighted by Gasteiger charge is 2.22. The molecule has 118 valence electrons. The molecular weight excluding hydrogens is 250 g/mol. The molecule has 0 radical (unpaired) electrons. The third-order valence-corrected chi connectivity index (χ3v) is 4.71. The van der Waals surface area contributed by atoms with E-state index >= 15 is 0 Å². The summed E-state index contributed by atoms with van der Waals surface area (Å²) in [5.41, 5.74) is 0. The lowest BCUT2D eigenvalue weighted by molar-refractivity contribution is -0.130. The average Bonchev–Trinajstić information content (AvgIpc) is 2.48. The maximum Gasteiger partial charge on any atom is 0.223 e. The molecule has 1 fully saturated rings. The van der Waals surface area contributed by atoms with E-state index in [4.69, 9.17) is 0 Å². The van der Waals surface area contributed by atoms with Crippen molar-refractivity contribution >= 4 is 5.91 Å². The molecule has 1 heterocycles. The highest BCUT2D eigenvalue weighted by Crippen LogP contribution is 2.20. The molecule has 0 aromatic rings. The summed E-state index contributed by atoms with van der Waals surface area (Å²) in [5.74, 6) is 1.04. The number of nitrogens with zero attached hydrogens (tertiary/aromatic N) is 2. The summed E-state index contributed by atoms with van der Waals surface area (Å²) in [6, 6.07) is 0.526. The average molecular weight is 283 g/mol. The molecule has 1 rings (SSSR count). The van der Waals surface area contributed by atoms with Crippen LogP contribution in [0.5, 0.6) is 0 Å². The van der Waals surface area contributed by atoms with Crippen LogP contribution in [0.1, 0.15) is 47.0 Å². The fourth-order valence-electron chi connectivity index (χ4n) is 3.08. The minimum absolute atomic E-state index is 0.274. The third kappa shape index (κ3) is 5.41.